The van der Waals surface area contributed by atoms with Crippen molar-refractivity contribution in [1.29, 1.82) is 0 Å². The number of piperazine rings is 1. The molecule has 1 heterocycles. The van der Waals surface area contributed by atoms with E-state index in [-0.39, 0.29) is 29.9 Å². The molecule has 2 aliphatic rings. The molecule has 0 bridgehead atoms. The maximum absolute atomic E-state index is 11.4. The van der Waals surface area contributed by atoms with Crippen molar-refractivity contribution in [2.45, 2.75) is 52.5 Å². The molecule has 0 aromatic rings. The Labute approximate surface area is 176 Å². The quantitative estimate of drug-likeness (QED) is 0.361. The summed E-state index contributed by atoms with van der Waals surface area (Å²) in [4.78, 5) is 20.1. The van der Waals surface area contributed by atoms with Crippen molar-refractivity contribution < 1.29 is 4.79 Å². The Morgan fingerprint density at radius 2 is 1.73 bits per heavy atom. The molecule has 26 heavy (non-hydrogen) atoms. The van der Waals surface area contributed by atoms with E-state index < -0.39 is 0 Å². The van der Waals surface area contributed by atoms with Crippen LogP contribution in [0.4, 0.5) is 0 Å². The molecule has 2 rings (SSSR count). The van der Waals surface area contributed by atoms with Gasteiger partial charge in [0.15, 0.2) is 5.96 Å². The van der Waals surface area contributed by atoms with Crippen LogP contribution in [-0.4, -0.2) is 74.0 Å². The van der Waals surface area contributed by atoms with Gasteiger partial charge >= 0.3 is 0 Å². The van der Waals surface area contributed by atoms with Gasteiger partial charge in [0, 0.05) is 59.3 Å². The highest BCUT2D eigenvalue weighted by Crippen LogP contribution is 2.29. The maximum atomic E-state index is 11.4. The van der Waals surface area contributed by atoms with Gasteiger partial charge in [0.25, 0.3) is 0 Å². The van der Waals surface area contributed by atoms with Crippen LogP contribution in [0.2, 0.25) is 0 Å². The lowest BCUT2D eigenvalue weighted by atomic mass is 9.80. The summed E-state index contributed by atoms with van der Waals surface area (Å²) in [5.74, 6) is 2.81. The van der Waals surface area contributed by atoms with Crippen LogP contribution >= 0.6 is 24.0 Å². The number of aliphatic imine (C=N–C) groups is 1. The third-order valence-electron chi connectivity index (χ3n) is 5.82. The van der Waals surface area contributed by atoms with E-state index in [4.69, 9.17) is 0 Å². The van der Waals surface area contributed by atoms with E-state index in [1.165, 1.54) is 25.7 Å². The van der Waals surface area contributed by atoms with Gasteiger partial charge in [0.2, 0.25) is 5.91 Å². The lowest BCUT2D eigenvalue weighted by Gasteiger charge is -2.34. The Balaban J connectivity index is 0.00000338. The fourth-order valence-electron chi connectivity index (χ4n) is 3.94. The highest BCUT2D eigenvalue weighted by molar-refractivity contribution is 14.0. The van der Waals surface area contributed by atoms with Crippen LogP contribution in [0.3, 0.4) is 0 Å². The first-order chi connectivity index (χ1) is 12.0. The topological polar surface area (TPSA) is 60.0 Å². The third-order valence-corrected chi connectivity index (χ3v) is 5.82. The van der Waals surface area contributed by atoms with Crippen LogP contribution in [0.25, 0.3) is 0 Å². The normalized spacial score (nSPS) is 25.0. The lowest BCUT2D eigenvalue weighted by Crippen LogP contribution is -2.51. The predicted molar refractivity (Wildman–Crippen MR) is 119 cm³/mol. The van der Waals surface area contributed by atoms with Crippen molar-refractivity contribution in [3.63, 3.8) is 0 Å². The van der Waals surface area contributed by atoms with Crippen molar-refractivity contribution in [2.24, 2.45) is 16.8 Å². The number of carbonyl (C=O) groups is 1. The first-order valence-electron chi connectivity index (χ1n) is 9.94. The van der Waals surface area contributed by atoms with Crippen LogP contribution in [-0.2, 0) is 4.79 Å². The van der Waals surface area contributed by atoms with E-state index in [0.717, 1.165) is 57.1 Å². The number of nitrogens with one attached hydrogen (secondary N) is 2. The summed E-state index contributed by atoms with van der Waals surface area (Å²) >= 11 is 0. The number of hydrogen-bond donors (Lipinski definition) is 2. The molecule has 0 radical (unpaired) electrons. The molecule has 2 N–H and O–H groups in total. The van der Waals surface area contributed by atoms with Gasteiger partial charge in [0.05, 0.1) is 0 Å². The molecule has 7 heteroatoms. The summed E-state index contributed by atoms with van der Waals surface area (Å²) in [5.41, 5.74) is 0. The summed E-state index contributed by atoms with van der Waals surface area (Å²) in [6.07, 6.45) is 5.15. The van der Waals surface area contributed by atoms with E-state index in [9.17, 15) is 4.79 Å². The van der Waals surface area contributed by atoms with Crippen LogP contribution in [0.5, 0.6) is 0 Å². The van der Waals surface area contributed by atoms with Crippen molar-refractivity contribution >= 4 is 35.8 Å². The zero-order valence-electron chi connectivity index (χ0n) is 17.0. The van der Waals surface area contributed by atoms with Gasteiger partial charge in [-0.25, -0.2) is 0 Å². The number of rotatable bonds is 5. The van der Waals surface area contributed by atoms with Gasteiger partial charge in [-0.3, -0.25) is 14.7 Å². The molecule has 0 spiro atoms. The van der Waals surface area contributed by atoms with Gasteiger partial charge < -0.3 is 15.5 Å². The molecular weight excluding hydrogens is 441 g/mol. The second kappa shape index (κ2) is 12.0. The summed E-state index contributed by atoms with van der Waals surface area (Å²) in [7, 11) is 1.85. The Morgan fingerprint density at radius 3 is 2.23 bits per heavy atom. The van der Waals surface area contributed by atoms with E-state index in [1.54, 1.807) is 6.92 Å². The molecule has 2 fully saturated rings. The molecule has 6 nitrogen and oxygen atoms in total. The summed E-state index contributed by atoms with van der Waals surface area (Å²) in [5, 5.41) is 7.04. The number of carbonyl (C=O) groups excluding carboxylic acids is 1. The van der Waals surface area contributed by atoms with Crippen LogP contribution < -0.4 is 10.6 Å². The predicted octanol–water partition coefficient (Wildman–Crippen LogP) is 2.15. The monoisotopic (exact) mass is 479 g/mol. The minimum atomic E-state index is 0. The van der Waals surface area contributed by atoms with Gasteiger partial charge in [-0.05, 0) is 37.5 Å². The molecule has 1 aliphatic carbocycles. The summed E-state index contributed by atoms with van der Waals surface area (Å²) in [6, 6.07) is 0.556. The Hall–Kier alpha value is -0.570. The van der Waals surface area contributed by atoms with E-state index in [1.807, 2.05) is 11.9 Å². The molecular formula is C19H38IN5O. The lowest BCUT2D eigenvalue weighted by molar-refractivity contribution is -0.130. The van der Waals surface area contributed by atoms with Crippen molar-refractivity contribution in [3.8, 4) is 0 Å². The number of nitrogens with zero attached hydrogens (tertiary/aromatic N) is 3. The van der Waals surface area contributed by atoms with Crippen LogP contribution in [0, 0.1) is 11.8 Å². The zero-order valence-corrected chi connectivity index (χ0v) is 19.3. The van der Waals surface area contributed by atoms with Gasteiger partial charge in [-0.2, -0.15) is 0 Å². The van der Waals surface area contributed by atoms with Gasteiger partial charge in [-0.1, -0.05) is 13.8 Å². The second-order valence-corrected chi connectivity index (χ2v) is 7.85. The number of amides is 1. The number of hydrogen-bond acceptors (Lipinski definition) is 3. The molecule has 0 aromatic heterocycles. The average Bonchev–Trinajstić information content (AvgIpc) is 2.61. The molecule has 1 aliphatic heterocycles. The molecule has 0 unspecified atom stereocenters. The fraction of sp³-hybridized carbons (Fsp3) is 0.895. The van der Waals surface area contributed by atoms with E-state index in [0.29, 0.717) is 6.04 Å². The molecule has 1 amide bonds. The largest absolute Gasteiger partial charge is 0.355 e. The first-order valence-corrected chi connectivity index (χ1v) is 9.94. The SMILES string of the molecule is CN=C(NCCN1CCN(C(C)=O)CC1)NC1CCC(C(C)C)CC1.I. The Kier molecular flexibility index (Phi) is 10.8. The van der Waals surface area contributed by atoms with Crippen molar-refractivity contribution in [1.82, 2.24) is 20.4 Å². The third kappa shape index (κ3) is 7.58. The van der Waals surface area contributed by atoms with Gasteiger partial charge in [0.1, 0.15) is 0 Å². The highest BCUT2D eigenvalue weighted by Gasteiger charge is 2.23. The molecule has 152 valence electrons. The molecule has 0 aromatic carbocycles. The summed E-state index contributed by atoms with van der Waals surface area (Å²) in [6.45, 7) is 11.8. The number of guanidine groups is 1. The Bertz CT molecular complexity index is 441. The number of halogens is 1. The van der Waals surface area contributed by atoms with Crippen molar-refractivity contribution in [3.05, 3.63) is 0 Å². The first kappa shape index (κ1) is 23.5. The van der Waals surface area contributed by atoms with Crippen LogP contribution in [0.15, 0.2) is 4.99 Å². The zero-order chi connectivity index (χ0) is 18.2. The second-order valence-electron chi connectivity index (χ2n) is 7.85. The minimum absolute atomic E-state index is 0. The maximum Gasteiger partial charge on any atom is 0.219 e. The molecule has 1 saturated heterocycles. The molecule has 1 saturated carbocycles. The standard InChI is InChI=1S/C19H37N5O.HI/c1-15(2)17-5-7-18(8-6-17)22-19(20-4)21-9-10-23-11-13-24(14-12-23)16(3)25;/h15,17-18H,5-14H2,1-4H3,(H2,20,21,22);1H. The smallest absolute Gasteiger partial charge is 0.219 e. The Morgan fingerprint density at radius 1 is 1.12 bits per heavy atom. The average molecular weight is 479 g/mol. The highest BCUT2D eigenvalue weighted by atomic mass is 127. The van der Waals surface area contributed by atoms with Crippen molar-refractivity contribution in [2.75, 3.05) is 46.3 Å². The van der Waals surface area contributed by atoms with Crippen LogP contribution in [0.1, 0.15) is 46.5 Å². The molecule has 0 atom stereocenters. The van der Waals surface area contributed by atoms with E-state index >= 15 is 0 Å². The fourth-order valence-corrected chi connectivity index (χ4v) is 3.94. The minimum Gasteiger partial charge on any atom is -0.355 e. The van der Waals surface area contributed by atoms with Gasteiger partial charge in [-0.15, -0.1) is 24.0 Å². The van der Waals surface area contributed by atoms with E-state index in [2.05, 4.69) is 34.4 Å². The summed E-state index contributed by atoms with van der Waals surface area (Å²) < 4.78 is 0.